The number of ether oxygens (including phenoxy) is 1. The molecule has 0 spiro atoms. The maximum Gasteiger partial charge on any atom is 0.187 e. The first-order valence-electron chi connectivity index (χ1n) is 4.55. The number of carbonyl (C=O) groups is 2. The monoisotopic (exact) mass is 224 g/mol. The molecule has 2 rings (SSSR count). The van der Waals surface area contributed by atoms with Crippen molar-refractivity contribution in [3.05, 3.63) is 34.6 Å². The highest BCUT2D eigenvalue weighted by Gasteiger charge is 2.36. The number of hydrogen-bond donors (Lipinski definition) is 0. The van der Waals surface area contributed by atoms with Gasteiger partial charge in [-0.15, -0.1) is 0 Å². The van der Waals surface area contributed by atoms with Crippen LogP contribution in [-0.4, -0.2) is 18.7 Å². The van der Waals surface area contributed by atoms with E-state index in [9.17, 15) is 9.59 Å². The van der Waals surface area contributed by atoms with Gasteiger partial charge in [-0.2, -0.15) is 0 Å². The van der Waals surface area contributed by atoms with Crippen molar-refractivity contribution >= 4 is 23.2 Å². The van der Waals surface area contributed by atoms with Gasteiger partial charge in [-0.1, -0.05) is 17.7 Å². The average molecular weight is 225 g/mol. The first-order chi connectivity index (χ1) is 7.15. The highest BCUT2D eigenvalue weighted by molar-refractivity contribution is 6.46. The SMILES string of the molecule is COC1=C2C(=O)C=C(Cl)C(=O)C2CC=C1. The smallest absolute Gasteiger partial charge is 0.187 e. The molecule has 4 heteroatoms. The van der Waals surface area contributed by atoms with Gasteiger partial charge in [-0.25, -0.2) is 0 Å². The van der Waals surface area contributed by atoms with Gasteiger partial charge in [-0.05, 0) is 12.5 Å². The normalized spacial score (nSPS) is 25.2. The number of Topliss-reactive ketones (excluding diaryl/α,β-unsaturated/α-hetero) is 1. The Labute approximate surface area is 92.0 Å². The summed E-state index contributed by atoms with van der Waals surface area (Å²) >= 11 is 5.68. The Bertz CT molecular complexity index is 429. The van der Waals surface area contributed by atoms with Crippen LogP contribution in [0.3, 0.4) is 0 Å². The molecule has 0 N–H and O–H groups in total. The fraction of sp³-hybridized carbons (Fsp3) is 0.273. The molecule has 2 aliphatic carbocycles. The van der Waals surface area contributed by atoms with Crippen molar-refractivity contribution in [2.24, 2.45) is 5.92 Å². The van der Waals surface area contributed by atoms with Crippen molar-refractivity contribution in [3.8, 4) is 0 Å². The second kappa shape index (κ2) is 3.66. The van der Waals surface area contributed by atoms with Gasteiger partial charge in [0.05, 0.1) is 23.6 Å². The number of carbonyl (C=O) groups excluding carboxylic acids is 2. The van der Waals surface area contributed by atoms with Crippen LogP contribution in [0, 0.1) is 5.92 Å². The average Bonchev–Trinajstić information content (AvgIpc) is 2.25. The second-order valence-electron chi connectivity index (χ2n) is 3.39. The molecule has 15 heavy (non-hydrogen) atoms. The van der Waals surface area contributed by atoms with Gasteiger partial charge in [0, 0.05) is 6.08 Å². The first kappa shape index (κ1) is 10.2. The molecule has 1 atom stereocenters. The Morgan fingerprint density at radius 2 is 2.20 bits per heavy atom. The molecule has 78 valence electrons. The molecule has 0 saturated heterocycles. The van der Waals surface area contributed by atoms with Crippen LogP contribution >= 0.6 is 11.6 Å². The highest BCUT2D eigenvalue weighted by atomic mass is 35.5. The number of fused-ring (bicyclic) bond motifs is 1. The predicted molar refractivity (Wildman–Crippen MR) is 55.2 cm³/mol. The van der Waals surface area contributed by atoms with Gasteiger partial charge in [0.25, 0.3) is 0 Å². The minimum atomic E-state index is -0.463. The lowest BCUT2D eigenvalue weighted by atomic mass is 9.81. The lowest BCUT2D eigenvalue weighted by Crippen LogP contribution is -2.28. The maximum atomic E-state index is 11.7. The number of hydrogen-bond acceptors (Lipinski definition) is 3. The molecule has 0 saturated carbocycles. The zero-order valence-electron chi connectivity index (χ0n) is 8.12. The van der Waals surface area contributed by atoms with E-state index in [4.69, 9.17) is 16.3 Å². The van der Waals surface area contributed by atoms with Crippen LogP contribution in [0.1, 0.15) is 6.42 Å². The number of rotatable bonds is 1. The third-order valence-electron chi connectivity index (χ3n) is 2.55. The van der Waals surface area contributed by atoms with Gasteiger partial charge >= 0.3 is 0 Å². The summed E-state index contributed by atoms with van der Waals surface area (Å²) in [7, 11) is 1.48. The first-order valence-corrected chi connectivity index (χ1v) is 4.93. The highest BCUT2D eigenvalue weighted by Crippen LogP contribution is 2.34. The van der Waals surface area contributed by atoms with E-state index in [1.165, 1.54) is 7.11 Å². The van der Waals surface area contributed by atoms with Crippen LogP contribution in [0.25, 0.3) is 0 Å². The Kier molecular flexibility index (Phi) is 2.49. The van der Waals surface area contributed by atoms with Crippen molar-refractivity contribution < 1.29 is 14.3 Å². The number of ketones is 2. The van der Waals surface area contributed by atoms with Crippen molar-refractivity contribution in [2.45, 2.75) is 6.42 Å². The minimum absolute atomic E-state index is 0.0134. The standard InChI is InChI=1S/C11H9ClO3/c1-15-9-4-2-3-6-10(9)8(13)5-7(12)11(6)14/h2,4-6H,3H2,1H3. The molecular weight excluding hydrogens is 216 g/mol. The van der Waals surface area contributed by atoms with Gasteiger partial charge in [-0.3, -0.25) is 9.59 Å². The Morgan fingerprint density at radius 3 is 2.87 bits per heavy atom. The van der Waals surface area contributed by atoms with E-state index >= 15 is 0 Å². The van der Waals surface area contributed by atoms with E-state index in [-0.39, 0.29) is 16.6 Å². The molecule has 0 radical (unpaired) electrons. The van der Waals surface area contributed by atoms with Crippen molar-refractivity contribution in [3.63, 3.8) is 0 Å². The van der Waals surface area contributed by atoms with Crippen molar-refractivity contribution in [1.82, 2.24) is 0 Å². The van der Waals surface area contributed by atoms with Crippen LogP contribution in [0.15, 0.2) is 34.6 Å². The lowest BCUT2D eigenvalue weighted by Gasteiger charge is -2.24. The molecule has 0 aromatic rings. The van der Waals surface area contributed by atoms with E-state index < -0.39 is 5.92 Å². The summed E-state index contributed by atoms with van der Waals surface area (Å²) in [6.07, 6.45) is 5.20. The predicted octanol–water partition coefficient (Wildman–Crippen LogP) is 1.74. The zero-order chi connectivity index (χ0) is 11.0. The largest absolute Gasteiger partial charge is 0.496 e. The number of methoxy groups -OCH3 is 1. The Morgan fingerprint density at radius 1 is 1.47 bits per heavy atom. The second-order valence-corrected chi connectivity index (χ2v) is 3.80. The summed E-state index contributed by atoms with van der Waals surface area (Å²) in [5.74, 6) is -0.434. The van der Waals surface area contributed by atoms with E-state index in [1.54, 1.807) is 6.08 Å². The van der Waals surface area contributed by atoms with E-state index in [1.807, 2.05) is 6.08 Å². The van der Waals surface area contributed by atoms with Crippen molar-refractivity contribution in [1.29, 1.82) is 0 Å². The summed E-state index contributed by atoms with van der Waals surface area (Å²) in [5, 5.41) is 0.0134. The van der Waals surface area contributed by atoms with E-state index in [0.29, 0.717) is 17.8 Å². The summed E-state index contributed by atoms with van der Waals surface area (Å²) < 4.78 is 5.06. The molecule has 0 amide bonds. The Hall–Kier alpha value is -1.35. The molecule has 0 bridgehead atoms. The fourth-order valence-electron chi connectivity index (χ4n) is 1.83. The molecule has 2 aliphatic rings. The zero-order valence-corrected chi connectivity index (χ0v) is 8.88. The van der Waals surface area contributed by atoms with Crippen LogP contribution in [-0.2, 0) is 14.3 Å². The number of halogens is 1. The Balaban J connectivity index is 2.56. The van der Waals surface area contributed by atoms with Crippen LogP contribution in [0.2, 0.25) is 0 Å². The summed E-state index contributed by atoms with van der Waals surface area (Å²) in [5.41, 5.74) is 0.425. The van der Waals surface area contributed by atoms with Gasteiger partial charge in [0.2, 0.25) is 0 Å². The third-order valence-corrected chi connectivity index (χ3v) is 2.85. The summed E-state index contributed by atoms with van der Waals surface area (Å²) in [6, 6.07) is 0. The maximum absolute atomic E-state index is 11.7. The molecule has 1 unspecified atom stereocenters. The topological polar surface area (TPSA) is 43.4 Å². The lowest BCUT2D eigenvalue weighted by molar-refractivity contribution is -0.121. The van der Waals surface area contributed by atoms with Gasteiger partial charge in [0.1, 0.15) is 5.76 Å². The molecule has 0 aliphatic heterocycles. The van der Waals surface area contributed by atoms with E-state index in [2.05, 4.69) is 0 Å². The molecule has 0 fully saturated rings. The van der Waals surface area contributed by atoms with Crippen LogP contribution in [0.5, 0.6) is 0 Å². The van der Waals surface area contributed by atoms with E-state index in [0.717, 1.165) is 6.08 Å². The molecule has 0 aromatic heterocycles. The third kappa shape index (κ3) is 1.53. The molecular formula is C11H9ClO3. The molecule has 0 heterocycles. The summed E-state index contributed by atoms with van der Waals surface area (Å²) in [4.78, 5) is 23.4. The van der Waals surface area contributed by atoms with Gasteiger partial charge in [0.15, 0.2) is 11.6 Å². The molecule has 0 aromatic carbocycles. The minimum Gasteiger partial charge on any atom is -0.496 e. The quantitative estimate of drug-likeness (QED) is 0.682. The number of allylic oxidation sites excluding steroid dienone is 5. The van der Waals surface area contributed by atoms with Gasteiger partial charge < -0.3 is 4.74 Å². The summed E-state index contributed by atoms with van der Waals surface area (Å²) in [6.45, 7) is 0. The van der Waals surface area contributed by atoms with Crippen LogP contribution in [0.4, 0.5) is 0 Å². The van der Waals surface area contributed by atoms with Crippen molar-refractivity contribution in [2.75, 3.05) is 7.11 Å². The molecule has 3 nitrogen and oxygen atoms in total. The van der Waals surface area contributed by atoms with Crippen LogP contribution < -0.4 is 0 Å². The fourth-order valence-corrected chi connectivity index (χ4v) is 2.06.